The zero-order valence-corrected chi connectivity index (χ0v) is 31.3. The van der Waals surface area contributed by atoms with Crippen molar-refractivity contribution in [3.8, 4) is 39.9 Å². The average Bonchev–Trinajstić information content (AvgIpc) is 3.90. The molecular formula is C43H43NO11. The maximum atomic E-state index is 14.3. The number of amides is 1. The summed E-state index contributed by atoms with van der Waals surface area (Å²) in [7, 11) is 4.58. The fraction of sp³-hybridized carbons (Fsp3) is 0.372. The smallest absolute Gasteiger partial charge is 0.407 e. The minimum Gasteiger partial charge on any atom is -0.493 e. The molecule has 2 aliphatic heterocycles. The maximum Gasteiger partial charge on any atom is 0.407 e. The number of cyclic esters (lactones) is 1. The molecule has 12 nitrogen and oxygen atoms in total. The zero-order chi connectivity index (χ0) is 38.4. The van der Waals surface area contributed by atoms with Crippen molar-refractivity contribution in [2.75, 3.05) is 41.3 Å². The summed E-state index contributed by atoms with van der Waals surface area (Å²) in [6, 6.07) is 22.4. The topological polar surface area (TPSA) is 137 Å². The summed E-state index contributed by atoms with van der Waals surface area (Å²) >= 11 is 0. The van der Waals surface area contributed by atoms with Gasteiger partial charge in [0, 0.05) is 23.3 Å². The first-order valence-electron chi connectivity index (χ1n) is 18.4. The molecule has 4 aromatic carbocycles. The van der Waals surface area contributed by atoms with Crippen LogP contribution in [0.2, 0.25) is 0 Å². The Morgan fingerprint density at radius 1 is 0.800 bits per heavy atom. The first-order chi connectivity index (χ1) is 26.7. The molecule has 1 amide bonds. The van der Waals surface area contributed by atoms with E-state index in [0.717, 1.165) is 22.3 Å². The maximum absolute atomic E-state index is 14.3. The summed E-state index contributed by atoms with van der Waals surface area (Å²) in [4.78, 5) is 41.4. The third-order valence-corrected chi connectivity index (χ3v) is 11.0. The predicted molar refractivity (Wildman–Crippen MR) is 199 cm³/mol. The summed E-state index contributed by atoms with van der Waals surface area (Å²) in [5.41, 5.74) is 6.44. The summed E-state index contributed by atoms with van der Waals surface area (Å²) in [5.74, 6) is -0.825. The van der Waals surface area contributed by atoms with Crippen molar-refractivity contribution in [2.45, 2.75) is 44.2 Å². The molecule has 2 aliphatic carbocycles. The Labute approximate surface area is 318 Å². The van der Waals surface area contributed by atoms with E-state index in [0.29, 0.717) is 51.9 Å². The van der Waals surface area contributed by atoms with E-state index in [1.165, 1.54) is 21.3 Å². The monoisotopic (exact) mass is 749 g/mol. The molecule has 12 heteroatoms. The molecule has 2 heterocycles. The Bertz CT molecular complexity index is 2080. The van der Waals surface area contributed by atoms with Crippen molar-refractivity contribution in [3.05, 3.63) is 101 Å². The van der Waals surface area contributed by atoms with Crippen LogP contribution >= 0.6 is 0 Å². The molecule has 1 N–H and O–H groups in total. The van der Waals surface area contributed by atoms with Gasteiger partial charge in [-0.3, -0.25) is 4.79 Å². The highest BCUT2D eigenvalue weighted by molar-refractivity contribution is 5.83. The third kappa shape index (κ3) is 6.43. The van der Waals surface area contributed by atoms with Gasteiger partial charge in [0.2, 0.25) is 12.5 Å². The number of rotatable bonds is 11. The Morgan fingerprint density at radius 2 is 1.42 bits per heavy atom. The molecule has 4 aromatic rings. The second-order valence-electron chi connectivity index (χ2n) is 14.6. The Morgan fingerprint density at radius 3 is 2.02 bits per heavy atom. The van der Waals surface area contributed by atoms with Crippen molar-refractivity contribution in [1.29, 1.82) is 0 Å². The van der Waals surface area contributed by atoms with Crippen LogP contribution in [-0.4, -0.2) is 65.4 Å². The van der Waals surface area contributed by atoms with E-state index < -0.39 is 47.9 Å². The predicted octanol–water partition coefficient (Wildman–Crippen LogP) is 6.91. The zero-order valence-electron chi connectivity index (χ0n) is 31.3. The SMILES string of the molecule is COc1cc([C@@H]2c3cc4c(cc3[C@H](OC(=O)[C@@H](CC(C)C)NC(=O)OCC3c5ccccc5-c5ccccc53)[C@H]3COC(=O)[C@@H]23)OCO4)cc(OC)c1OC. The normalized spacial score (nSPS) is 20.7. The molecule has 0 unspecified atom stereocenters. The number of methoxy groups -OCH3 is 3. The lowest BCUT2D eigenvalue weighted by molar-refractivity contribution is -0.157. The first-order valence-corrected chi connectivity index (χ1v) is 18.4. The number of alkyl carbamates (subject to hydrolysis) is 1. The van der Waals surface area contributed by atoms with Gasteiger partial charge in [0.15, 0.2) is 23.0 Å². The van der Waals surface area contributed by atoms with E-state index in [2.05, 4.69) is 17.4 Å². The number of hydrogen-bond acceptors (Lipinski definition) is 11. The lowest BCUT2D eigenvalue weighted by Crippen LogP contribution is -2.45. The van der Waals surface area contributed by atoms with E-state index in [1.807, 2.05) is 68.4 Å². The number of ether oxygens (including phenoxy) is 8. The van der Waals surface area contributed by atoms with Crippen LogP contribution in [0.4, 0.5) is 4.79 Å². The third-order valence-electron chi connectivity index (χ3n) is 11.0. The standard InChI is InChI=1S/C43H43NO11/c1-22(2)14-32(44-43(47)52-19-30-26-12-8-6-10-24(26)25-11-7-9-13-27(25)30)41(45)55-39-29-18-34-33(53-21-54-34)17-28(29)37(38-31(39)20-51-42(38)46)23-15-35(48-3)40(50-5)36(16-23)49-4/h6-13,15-18,22,30-32,37-39H,14,19-21H2,1-5H3,(H,44,47)/t31-,32+,37+,38+,39-/m0/s1. The van der Waals surface area contributed by atoms with Crippen LogP contribution in [0.3, 0.4) is 0 Å². The van der Waals surface area contributed by atoms with Gasteiger partial charge in [-0.2, -0.15) is 0 Å². The summed E-state index contributed by atoms with van der Waals surface area (Å²) in [6.45, 7) is 4.05. The molecule has 286 valence electrons. The summed E-state index contributed by atoms with van der Waals surface area (Å²) in [6.07, 6.45) is -1.34. The van der Waals surface area contributed by atoms with Gasteiger partial charge in [-0.25, -0.2) is 9.59 Å². The van der Waals surface area contributed by atoms with Crippen molar-refractivity contribution in [2.24, 2.45) is 17.8 Å². The molecule has 1 saturated heterocycles. The molecule has 0 aromatic heterocycles. The van der Waals surface area contributed by atoms with E-state index in [4.69, 9.17) is 37.9 Å². The van der Waals surface area contributed by atoms with Gasteiger partial charge in [0.05, 0.1) is 33.9 Å². The molecule has 0 spiro atoms. The quantitative estimate of drug-likeness (QED) is 0.127. The van der Waals surface area contributed by atoms with Crippen LogP contribution in [0.25, 0.3) is 11.1 Å². The minimum atomic E-state index is -1.03. The number of carbonyl (C=O) groups is 3. The molecule has 5 atom stereocenters. The van der Waals surface area contributed by atoms with Crippen molar-refractivity contribution in [3.63, 3.8) is 0 Å². The van der Waals surface area contributed by atoms with Crippen LogP contribution in [0.15, 0.2) is 72.8 Å². The second kappa shape index (κ2) is 14.7. The van der Waals surface area contributed by atoms with E-state index in [1.54, 1.807) is 6.07 Å². The van der Waals surface area contributed by atoms with E-state index in [9.17, 15) is 14.4 Å². The fourth-order valence-electron chi connectivity index (χ4n) is 8.62. The van der Waals surface area contributed by atoms with Crippen molar-refractivity contribution >= 4 is 18.0 Å². The van der Waals surface area contributed by atoms with Gasteiger partial charge < -0.3 is 43.2 Å². The second-order valence-corrected chi connectivity index (χ2v) is 14.6. The van der Waals surface area contributed by atoms with Crippen LogP contribution in [0.1, 0.15) is 66.0 Å². The van der Waals surface area contributed by atoms with Gasteiger partial charge in [0.25, 0.3) is 0 Å². The highest BCUT2D eigenvalue weighted by atomic mass is 16.7. The highest BCUT2D eigenvalue weighted by Crippen LogP contribution is 2.56. The number of benzene rings is 4. The number of hydrogen-bond donors (Lipinski definition) is 1. The number of nitrogens with one attached hydrogen (secondary N) is 1. The summed E-state index contributed by atoms with van der Waals surface area (Å²) < 4.78 is 46.4. The largest absolute Gasteiger partial charge is 0.493 e. The summed E-state index contributed by atoms with van der Waals surface area (Å²) in [5, 5.41) is 2.80. The van der Waals surface area contributed by atoms with E-state index in [-0.39, 0.29) is 31.8 Å². The molecular weight excluding hydrogens is 706 g/mol. The molecule has 55 heavy (non-hydrogen) atoms. The van der Waals surface area contributed by atoms with Gasteiger partial charge in [-0.05, 0) is 70.0 Å². The van der Waals surface area contributed by atoms with Crippen LogP contribution < -0.4 is 29.0 Å². The molecule has 0 radical (unpaired) electrons. The number of carbonyl (C=O) groups excluding carboxylic acids is 3. The van der Waals surface area contributed by atoms with Crippen LogP contribution in [0.5, 0.6) is 28.7 Å². The van der Waals surface area contributed by atoms with Crippen LogP contribution in [0, 0.1) is 17.8 Å². The Balaban J connectivity index is 1.08. The lowest BCUT2D eigenvalue weighted by Gasteiger charge is -2.39. The molecule has 8 rings (SSSR count). The van der Waals surface area contributed by atoms with Gasteiger partial charge in [-0.1, -0.05) is 62.4 Å². The van der Waals surface area contributed by atoms with Crippen molar-refractivity contribution < 1.29 is 52.3 Å². The first kappa shape index (κ1) is 36.1. The van der Waals surface area contributed by atoms with Gasteiger partial charge in [0.1, 0.15) is 18.8 Å². The average molecular weight is 750 g/mol. The number of esters is 2. The fourth-order valence-corrected chi connectivity index (χ4v) is 8.62. The van der Waals surface area contributed by atoms with Gasteiger partial charge in [-0.15, -0.1) is 0 Å². The molecule has 1 fully saturated rings. The van der Waals surface area contributed by atoms with Crippen LogP contribution in [-0.2, 0) is 23.8 Å². The van der Waals surface area contributed by atoms with E-state index >= 15 is 0 Å². The lowest BCUT2D eigenvalue weighted by atomic mass is 9.66. The highest BCUT2D eigenvalue weighted by Gasteiger charge is 2.54. The van der Waals surface area contributed by atoms with Crippen molar-refractivity contribution in [1.82, 2.24) is 5.32 Å². The Hall–Kier alpha value is -5.91. The van der Waals surface area contributed by atoms with Gasteiger partial charge >= 0.3 is 18.0 Å². The molecule has 4 aliphatic rings. The molecule has 0 bridgehead atoms. The minimum absolute atomic E-state index is 0.0188. The molecule has 0 saturated carbocycles. The Kier molecular flexibility index (Phi) is 9.66. The number of fused-ring (bicyclic) bond motifs is 6.